The SMILES string of the molecule is CN(Cc1cccc(C=CC(=O)O)c1)S(=O)(=O)C(C)(C)C. The zero-order valence-corrected chi connectivity index (χ0v) is 13.5. The van der Waals surface area contributed by atoms with E-state index in [1.54, 1.807) is 46.0 Å². The monoisotopic (exact) mass is 311 g/mol. The molecule has 0 spiro atoms. The molecule has 0 atom stereocenters. The van der Waals surface area contributed by atoms with Crippen molar-refractivity contribution >= 4 is 22.1 Å². The Morgan fingerprint density at radius 1 is 1.33 bits per heavy atom. The van der Waals surface area contributed by atoms with Crippen LogP contribution in [0.15, 0.2) is 30.3 Å². The lowest BCUT2D eigenvalue weighted by atomic mass is 10.1. The molecule has 0 amide bonds. The highest BCUT2D eigenvalue weighted by Crippen LogP contribution is 2.21. The Labute approximate surface area is 126 Å². The maximum Gasteiger partial charge on any atom is 0.328 e. The summed E-state index contributed by atoms with van der Waals surface area (Å²) in [7, 11) is -1.85. The van der Waals surface area contributed by atoms with Gasteiger partial charge in [-0.2, -0.15) is 0 Å². The molecular formula is C15H21NO4S. The van der Waals surface area contributed by atoms with Gasteiger partial charge in [0.1, 0.15) is 0 Å². The highest BCUT2D eigenvalue weighted by molar-refractivity contribution is 7.90. The van der Waals surface area contributed by atoms with E-state index in [9.17, 15) is 13.2 Å². The molecule has 0 aromatic heterocycles. The fourth-order valence-electron chi connectivity index (χ4n) is 1.77. The van der Waals surface area contributed by atoms with Crippen LogP contribution in [0.4, 0.5) is 0 Å². The number of rotatable bonds is 5. The second kappa shape index (κ2) is 6.41. The van der Waals surface area contributed by atoms with Gasteiger partial charge in [0, 0.05) is 19.7 Å². The smallest absolute Gasteiger partial charge is 0.328 e. The van der Waals surface area contributed by atoms with Crippen LogP contribution in [0, 0.1) is 0 Å². The van der Waals surface area contributed by atoms with Gasteiger partial charge in [-0.15, -0.1) is 0 Å². The number of sulfonamides is 1. The predicted octanol–water partition coefficient (Wildman–Crippen LogP) is 2.34. The normalized spacial score (nSPS) is 13.0. The molecule has 0 fully saturated rings. The number of hydrogen-bond acceptors (Lipinski definition) is 3. The van der Waals surface area contributed by atoms with Gasteiger partial charge in [-0.1, -0.05) is 24.3 Å². The third-order valence-corrected chi connectivity index (χ3v) is 5.46. The van der Waals surface area contributed by atoms with Crippen LogP contribution in [0.25, 0.3) is 6.08 Å². The van der Waals surface area contributed by atoms with Gasteiger partial charge in [0.2, 0.25) is 10.0 Å². The van der Waals surface area contributed by atoms with Crippen molar-refractivity contribution in [1.82, 2.24) is 4.31 Å². The van der Waals surface area contributed by atoms with Crippen LogP contribution in [-0.4, -0.2) is 35.6 Å². The fourth-order valence-corrected chi connectivity index (χ4v) is 3.03. The highest BCUT2D eigenvalue weighted by Gasteiger charge is 2.32. The van der Waals surface area contributed by atoms with E-state index in [1.807, 2.05) is 6.07 Å². The summed E-state index contributed by atoms with van der Waals surface area (Å²) >= 11 is 0. The van der Waals surface area contributed by atoms with E-state index < -0.39 is 20.7 Å². The quantitative estimate of drug-likeness (QED) is 0.847. The number of nitrogens with zero attached hydrogens (tertiary/aromatic N) is 1. The van der Waals surface area contributed by atoms with Gasteiger partial charge in [0.25, 0.3) is 0 Å². The minimum atomic E-state index is -3.39. The van der Waals surface area contributed by atoms with Crippen LogP contribution in [0.2, 0.25) is 0 Å². The molecule has 0 heterocycles. The third-order valence-electron chi connectivity index (χ3n) is 2.96. The largest absolute Gasteiger partial charge is 0.478 e. The van der Waals surface area contributed by atoms with E-state index in [1.165, 1.54) is 10.4 Å². The summed E-state index contributed by atoms with van der Waals surface area (Å²) in [6.45, 7) is 5.22. The molecule has 1 aromatic rings. The van der Waals surface area contributed by atoms with E-state index in [-0.39, 0.29) is 6.54 Å². The Hall–Kier alpha value is -1.66. The summed E-state index contributed by atoms with van der Waals surface area (Å²) in [4.78, 5) is 10.5. The summed E-state index contributed by atoms with van der Waals surface area (Å²) < 4.78 is 25.0. The number of aliphatic carboxylic acids is 1. The Balaban J connectivity index is 2.94. The molecule has 116 valence electrons. The summed E-state index contributed by atoms with van der Waals surface area (Å²) in [6, 6.07) is 7.12. The Kier molecular flexibility index (Phi) is 5.31. The zero-order valence-electron chi connectivity index (χ0n) is 12.7. The molecule has 0 aliphatic heterocycles. The minimum absolute atomic E-state index is 0.244. The van der Waals surface area contributed by atoms with E-state index in [0.29, 0.717) is 0 Å². The van der Waals surface area contributed by atoms with Crippen LogP contribution < -0.4 is 0 Å². The van der Waals surface area contributed by atoms with Gasteiger partial charge in [0.05, 0.1) is 4.75 Å². The van der Waals surface area contributed by atoms with Gasteiger partial charge in [-0.25, -0.2) is 17.5 Å². The molecule has 0 unspecified atom stereocenters. The molecule has 0 saturated heterocycles. The van der Waals surface area contributed by atoms with Crippen LogP contribution in [0.1, 0.15) is 31.9 Å². The molecule has 0 radical (unpaired) electrons. The molecule has 0 bridgehead atoms. The number of hydrogen-bond donors (Lipinski definition) is 1. The molecule has 6 heteroatoms. The maximum atomic E-state index is 12.3. The maximum absolute atomic E-state index is 12.3. The Morgan fingerprint density at radius 3 is 2.48 bits per heavy atom. The van der Waals surface area contributed by atoms with Crippen molar-refractivity contribution in [3.63, 3.8) is 0 Å². The van der Waals surface area contributed by atoms with Gasteiger partial charge in [-0.3, -0.25) is 0 Å². The molecule has 21 heavy (non-hydrogen) atoms. The van der Waals surface area contributed by atoms with E-state index in [4.69, 9.17) is 5.11 Å². The van der Waals surface area contributed by atoms with Crippen molar-refractivity contribution in [2.75, 3.05) is 7.05 Å². The van der Waals surface area contributed by atoms with Crippen LogP contribution >= 0.6 is 0 Å². The first-order valence-electron chi connectivity index (χ1n) is 6.50. The van der Waals surface area contributed by atoms with Crippen molar-refractivity contribution in [2.24, 2.45) is 0 Å². The topological polar surface area (TPSA) is 74.7 Å². The van der Waals surface area contributed by atoms with E-state index >= 15 is 0 Å². The van der Waals surface area contributed by atoms with Gasteiger partial charge >= 0.3 is 5.97 Å². The lowest BCUT2D eigenvalue weighted by molar-refractivity contribution is -0.131. The number of benzene rings is 1. The third kappa shape index (κ3) is 4.68. The highest BCUT2D eigenvalue weighted by atomic mass is 32.2. The summed E-state index contributed by atoms with van der Waals surface area (Å²) in [5.41, 5.74) is 1.52. The first-order chi connectivity index (χ1) is 9.54. The predicted molar refractivity (Wildman–Crippen MR) is 83.3 cm³/mol. The van der Waals surface area contributed by atoms with Crippen molar-refractivity contribution in [3.8, 4) is 0 Å². The fraction of sp³-hybridized carbons (Fsp3) is 0.400. The molecule has 5 nitrogen and oxygen atoms in total. The first kappa shape index (κ1) is 17.4. The molecule has 1 aromatic carbocycles. The summed E-state index contributed by atoms with van der Waals surface area (Å²) in [5.74, 6) is -1.02. The number of carboxylic acids is 1. The molecule has 0 aliphatic carbocycles. The minimum Gasteiger partial charge on any atom is -0.478 e. The number of carboxylic acid groups (broad SMARTS) is 1. The molecule has 0 aliphatic rings. The average molecular weight is 311 g/mol. The van der Waals surface area contributed by atoms with Crippen molar-refractivity contribution in [2.45, 2.75) is 32.1 Å². The van der Waals surface area contributed by atoms with Crippen LogP contribution in [0.3, 0.4) is 0 Å². The Morgan fingerprint density at radius 2 is 1.95 bits per heavy atom. The van der Waals surface area contributed by atoms with E-state index in [2.05, 4.69) is 0 Å². The molecular weight excluding hydrogens is 290 g/mol. The molecule has 0 saturated carbocycles. The van der Waals surface area contributed by atoms with Gasteiger partial charge in [-0.05, 0) is 38.0 Å². The second-order valence-electron chi connectivity index (χ2n) is 5.79. The molecule has 1 N–H and O–H groups in total. The second-order valence-corrected chi connectivity index (χ2v) is 8.59. The van der Waals surface area contributed by atoms with Crippen LogP contribution in [-0.2, 0) is 21.4 Å². The van der Waals surface area contributed by atoms with Gasteiger partial charge < -0.3 is 5.11 Å². The van der Waals surface area contributed by atoms with Gasteiger partial charge in [0.15, 0.2) is 0 Å². The summed E-state index contributed by atoms with van der Waals surface area (Å²) in [6.07, 6.45) is 2.53. The van der Waals surface area contributed by atoms with Crippen molar-refractivity contribution < 1.29 is 18.3 Å². The Bertz CT molecular complexity index is 642. The van der Waals surface area contributed by atoms with Crippen molar-refractivity contribution in [3.05, 3.63) is 41.5 Å². The lowest BCUT2D eigenvalue weighted by Crippen LogP contribution is -2.40. The van der Waals surface area contributed by atoms with E-state index in [0.717, 1.165) is 17.2 Å². The molecule has 1 rings (SSSR count). The summed E-state index contributed by atoms with van der Waals surface area (Å²) in [5, 5.41) is 8.61. The average Bonchev–Trinajstić information content (AvgIpc) is 2.35. The number of carbonyl (C=O) groups is 1. The van der Waals surface area contributed by atoms with Crippen LogP contribution in [0.5, 0.6) is 0 Å². The zero-order chi connectivity index (χ0) is 16.3. The standard InChI is InChI=1S/C15H21NO4S/c1-15(2,3)21(19,20)16(4)11-13-7-5-6-12(10-13)8-9-14(17)18/h5-10H,11H2,1-4H3,(H,17,18). The lowest BCUT2D eigenvalue weighted by Gasteiger charge is -2.27. The first-order valence-corrected chi connectivity index (χ1v) is 7.94. The van der Waals surface area contributed by atoms with Crippen molar-refractivity contribution in [1.29, 1.82) is 0 Å².